The van der Waals surface area contributed by atoms with E-state index in [1.54, 1.807) is 36.5 Å². The van der Waals surface area contributed by atoms with Crippen LogP contribution in [0.2, 0.25) is 0 Å². The Hall–Kier alpha value is -3.77. The van der Waals surface area contributed by atoms with E-state index in [0.717, 1.165) is 11.1 Å². The van der Waals surface area contributed by atoms with Gasteiger partial charge >= 0.3 is 11.9 Å². The van der Waals surface area contributed by atoms with Crippen molar-refractivity contribution in [2.75, 3.05) is 11.1 Å². The van der Waals surface area contributed by atoms with Gasteiger partial charge in [-0.3, -0.25) is 9.59 Å². The van der Waals surface area contributed by atoms with Crippen molar-refractivity contribution in [2.24, 2.45) is 0 Å². The lowest BCUT2D eigenvalue weighted by Crippen LogP contribution is -2.31. The van der Waals surface area contributed by atoms with Gasteiger partial charge in [-0.1, -0.05) is 36.4 Å². The highest BCUT2D eigenvalue weighted by molar-refractivity contribution is 7.99. The lowest BCUT2D eigenvalue weighted by molar-refractivity contribution is -0.245. The van der Waals surface area contributed by atoms with E-state index in [1.807, 2.05) is 24.3 Å². The molecule has 1 aromatic heterocycles. The van der Waals surface area contributed by atoms with Gasteiger partial charge in [-0.05, 0) is 35.4 Å². The van der Waals surface area contributed by atoms with Gasteiger partial charge < -0.3 is 30.1 Å². The molecule has 2 aromatic carbocycles. The lowest BCUT2D eigenvalue weighted by Gasteiger charge is -2.36. The van der Waals surface area contributed by atoms with E-state index in [4.69, 9.17) is 14.6 Å². The number of thioether (sulfide) groups is 1. The summed E-state index contributed by atoms with van der Waals surface area (Å²) < 4.78 is 12.6. The fourth-order valence-electron chi connectivity index (χ4n) is 4.07. The van der Waals surface area contributed by atoms with Crippen LogP contribution in [0.1, 0.15) is 58.7 Å². The maximum atomic E-state index is 12.1. The minimum absolute atomic E-state index is 0.0717. The number of anilines is 1. The first kappa shape index (κ1) is 28.2. The van der Waals surface area contributed by atoms with Gasteiger partial charge in [-0.2, -0.15) is 0 Å². The Bertz CT molecular complexity index is 1320. The smallest absolute Gasteiger partial charge is 0.338 e. The largest absolute Gasteiger partial charge is 0.481 e. The van der Waals surface area contributed by atoms with E-state index < -0.39 is 24.1 Å². The fraction of sp³-hybridized carbons (Fsp3) is 0.286. The molecule has 204 valence electrons. The molecular formula is C28H28N2O8S. The van der Waals surface area contributed by atoms with Crippen LogP contribution in [-0.2, 0) is 25.7 Å². The normalized spacial score (nSPS) is 18.8. The monoisotopic (exact) mass is 552 g/mol. The van der Waals surface area contributed by atoms with E-state index in [-0.39, 0.29) is 37.2 Å². The highest BCUT2D eigenvalue weighted by Crippen LogP contribution is 2.40. The molecule has 1 saturated heterocycles. The van der Waals surface area contributed by atoms with Crippen molar-refractivity contribution in [1.29, 1.82) is 0 Å². The molecular weight excluding hydrogens is 524 g/mol. The number of carboxylic acids is 2. The van der Waals surface area contributed by atoms with E-state index in [2.05, 4.69) is 10.3 Å². The van der Waals surface area contributed by atoms with Crippen LogP contribution in [0.3, 0.4) is 0 Å². The highest BCUT2D eigenvalue weighted by atomic mass is 32.2. The number of ether oxygens (including phenoxy) is 2. The second kappa shape index (κ2) is 13.3. The average Bonchev–Trinajstić information content (AvgIpc) is 2.95. The van der Waals surface area contributed by atoms with E-state index >= 15 is 0 Å². The standard InChI is InChI=1S/C28H28N2O8S/c31-15-17-6-8-18(9-7-17)23-14-21(16-39-26-22(27(35)36)5-2-12-29-26)37-28(38-23)19-3-1-4-20(13-19)30-24(32)10-11-25(33)34/h1-9,12-13,21,23,28,31H,10-11,14-16H2,(H,30,32)(H,33,34)(H,35,36)/t21-,23+,28+/m0/s1. The third kappa shape index (κ3) is 7.87. The number of rotatable bonds is 11. The summed E-state index contributed by atoms with van der Waals surface area (Å²) in [4.78, 5) is 38.7. The van der Waals surface area contributed by atoms with Crippen molar-refractivity contribution < 1.29 is 39.2 Å². The van der Waals surface area contributed by atoms with Gasteiger partial charge in [0, 0.05) is 36.0 Å². The zero-order chi connectivity index (χ0) is 27.8. The van der Waals surface area contributed by atoms with Crippen LogP contribution in [0.25, 0.3) is 0 Å². The number of aromatic nitrogens is 1. The quantitative estimate of drug-likeness (QED) is 0.251. The highest BCUT2D eigenvalue weighted by Gasteiger charge is 2.32. The van der Waals surface area contributed by atoms with Crippen LogP contribution in [0, 0.1) is 0 Å². The molecule has 0 radical (unpaired) electrons. The first-order chi connectivity index (χ1) is 18.8. The van der Waals surface area contributed by atoms with Gasteiger partial charge in [-0.25, -0.2) is 9.78 Å². The van der Waals surface area contributed by atoms with E-state index in [1.165, 1.54) is 17.8 Å². The molecule has 39 heavy (non-hydrogen) atoms. The number of amides is 1. The number of aromatic carboxylic acids is 1. The van der Waals surface area contributed by atoms with Gasteiger partial charge in [0.1, 0.15) is 5.03 Å². The third-order valence-electron chi connectivity index (χ3n) is 6.03. The van der Waals surface area contributed by atoms with Crippen LogP contribution in [0.5, 0.6) is 0 Å². The predicted molar refractivity (Wildman–Crippen MR) is 142 cm³/mol. The molecule has 1 aliphatic rings. The molecule has 3 aromatic rings. The number of aliphatic carboxylic acids is 1. The number of hydrogen-bond acceptors (Lipinski definition) is 8. The van der Waals surface area contributed by atoms with Crippen LogP contribution < -0.4 is 5.32 Å². The Morgan fingerprint density at radius 1 is 0.974 bits per heavy atom. The van der Waals surface area contributed by atoms with Crippen LogP contribution >= 0.6 is 11.8 Å². The molecule has 0 aliphatic carbocycles. The summed E-state index contributed by atoms with van der Waals surface area (Å²) in [5.74, 6) is -2.10. The summed E-state index contributed by atoms with van der Waals surface area (Å²) in [5, 5.41) is 30.8. The van der Waals surface area contributed by atoms with Crippen molar-refractivity contribution in [3.8, 4) is 0 Å². The Balaban J connectivity index is 1.53. The second-order valence-corrected chi connectivity index (χ2v) is 9.90. The summed E-state index contributed by atoms with van der Waals surface area (Å²) in [6, 6.07) is 17.5. The number of benzene rings is 2. The molecule has 0 spiro atoms. The van der Waals surface area contributed by atoms with Gasteiger partial charge in [0.25, 0.3) is 0 Å². The minimum Gasteiger partial charge on any atom is -0.481 e. The molecule has 3 atom stereocenters. The van der Waals surface area contributed by atoms with Crippen molar-refractivity contribution in [3.63, 3.8) is 0 Å². The van der Waals surface area contributed by atoms with Gasteiger partial charge in [0.05, 0.1) is 30.8 Å². The molecule has 0 unspecified atom stereocenters. The molecule has 10 nitrogen and oxygen atoms in total. The Morgan fingerprint density at radius 2 is 1.77 bits per heavy atom. The summed E-state index contributed by atoms with van der Waals surface area (Å²) in [6.45, 7) is -0.0717. The molecule has 0 saturated carbocycles. The molecule has 1 aliphatic heterocycles. The number of hydrogen-bond donors (Lipinski definition) is 4. The second-order valence-electron chi connectivity index (χ2n) is 8.89. The SMILES string of the molecule is O=C(O)CCC(=O)Nc1cccc([C@@H]2O[C@H](CSc3ncccc3C(=O)O)C[C@H](c3ccc(CO)cc3)O2)c1. The van der Waals surface area contributed by atoms with Crippen LogP contribution in [0.15, 0.2) is 71.9 Å². The van der Waals surface area contributed by atoms with Gasteiger partial charge in [-0.15, -0.1) is 11.8 Å². The number of carboxylic acid groups (broad SMARTS) is 2. The molecule has 4 rings (SSSR count). The third-order valence-corrected chi connectivity index (χ3v) is 7.17. The maximum Gasteiger partial charge on any atom is 0.338 e. The van der Waals surface area contributed by atoms with E-state index in [9.17, 15) is 24.6 Å². The molecule has 0 bridgehead atoms. The summed E-state index contributed by atoms with van der Waals surface area (Å²) in [7, 11) is 0. The Labute approximate surface area is 229 Å². The number of nitrogens with zero attached hydrogens (tertiary/aromatic N) is 1. The van der Waals surface area contributed by atoms with Crippen LogP contribution in [-0.4, -0.2) is 50.0 Å². The van der Waals surface area contributed by atoms with Crippen molar-refractivity contribution in [2.45, 2.75) is 49.4 Å². The predicted octanol–water partition coefficient (Wildman–Crippen LogP) is 4.41. The first-order valence-corrected chi connectivity index (χ1v) is 13.2. The first-order valence-electron chi connectivity index (χ1n) is 12.3. The number of aliphatic hydroxyl groups excluding tert-OH is 1. The number of carbonyl (C=O) groups is 3. The average molecular weight is 553 g/mol. The zero-order valence-corrected chi connectivity index (χ0v) is 21.7. The molecule has 4 N–H and O–H groups in total. The van der Waals surface area contributed by atoms with Gasteiger partial charge in [0.15, 0.2) is 6.29 Å². The molecule has 1 amide bonds. The lowest BCUT2D eigenvalue weighted by atomic mass is 10.0. The molecule has 2 heterocycles. The van der Waals surface area contributed by atoms with Crippen molar-refractivity contribution >= 4 is 35.3 Å². The zero-order valence-electron chi connectivity index (χ0n) is 20.9. The molecule has 1 fully saturated rings. The molecule has 11 heteroatoms. The Kier molecular flexibility index (Phi) is 9.66. The van der Waals surface area contributed by atoms with Crippen molar-refractivity contribution in [1.82, 2.24) is 4.98 Å². The maximum absolute atomic E-state index is 12.1. The topological polar surface area (TPSA) is 155 Å². The minimum atomic E-state index is -1.06. The van der Waals surface area contributed by atoms with Gasteiger partial charge in [0.2, 0.25) is 5.91 Å². The van der Waals surface area contributed by atoms with Crippen molar-refractivity contribution in [3.05, 3.63) is 89.1 Å². The fourth-order valence-corrected chi connectivity index (χ4v) is 5.07. The summed E-state index contributed by atoms with van der Waals surface area (Å²) in [6.07, 6.45) is 0.175. The summed E-state index contributed by atoms with van der Waals surface area (Å²) in [5.41, 5.74) is 2.93. The van der Waals surface area contributed by atoms with E-state index in [0.29, 0.717) is 28.5 Å². The number of pyridine rings is 1. The number of carbonyl (C=O) groups excluding carboxylic acids is 1. The Morgan fingerprint density at radius 3 is 2.49 bits per heavy atom. The summed E-state index contributed by atoms with van der Waals surface area (Å²) >= 11 is 1.29. The number of aliphatic hydroxyl groups is 1. The number of nitrogens with one attached hydrogen (secondary N) is 1. The van der Waals surface area contributed by atoms with Crippen LogP contribution in [0.4, 0.5) is 5.69 Å².